The molecule has 0 aliphatic carbocycles. The minimum absolute atomic E-state index is 0.0887. The van der Waals surface area contributed by atoms with E-state index >= 15 is 0 Å². The summed E-state index contributed by atoms with van der Waals surface area (Å²) >= 11 is 0. The molecule has 22 heavy (non-hydrogen) atoms. The normalized spacial score (nSPS) is 11.9. The summed E-state index contributed by atoms with van der Waals surface area (Å²) in [6, 6.07) is 5.14. The first-order valence-corrected chi connectivity index (χ1v) is 6.95. The largest absolute Gasteiger partial charge is 0.481 e. The highest BCUT2D eigenvalue weighted by atomic mass is 19.1. The molecule has 6 nitrogen and oxygen atoms in total. The first-order chi connectivity index (χ1) is 10.5. The molecule has 0 aromatic heterocycles. The van der Waals surface area contributed by atoms with Gasteiger partial charge in [-0.3, -0.25) is 9.59 Å². The number of hydrogen-bond donors (Lipinski definition) is 2. The number of halogens is 1. The summed E-state index contributed by atoms with van der Waals surface area (Å²) in [5.41, 5.74) is 0.423. The Hall–Kier alpha value is -1.99. The molecule has 1 amide bonds. The number of carboxylic acid groups (broad SMARTS) is 1. The lowest BCUT2D eigenvalue weighted by Gasteiger charge is -2.14. The van der Waals surface area contributed by atoms with E-state index in [2.05, 4.69) is 5.32 Å². The highest BCUT2D eigenvalue weighted by Gasteiger charge is 2.20. The van der Waals surface area contributed by atoms with Crippen molar-refractivity contribution >= 4 is 11.9 Å². The molecule has 0 radical (unpaired) electrons. The summed E-state index contributed by atoms with van der Waals surface area (Å²) in [7, 11) is 0. The monoisotopic (exact) mass is 313 g/mol. The molecule has 1 unspecified atom stereocenters. The van der Waals surface area contributed by atoms with E-state index in [-0.39, 0.29) is 13.2 Å². The fourth-order valence-corrected chi connectivity index (χ4v) is 1.74. The van der Waals surface area contributed by atoms with Crippen LogP contribution in [0.5, 0.6) is 0 Å². The smallest absolute Gasteiger partial charge is 0.312 e. The number of aliphatic carboxylic acids is 1. The molecule has 0 spiro atoms. The molecular weight excluding hydrogens is 293 g/mol. The zero-order valence-corrected chi connectivity index (χ0v) is 12.4. The lowest BCUT2D eigenvalue weighted by atomic mass is 9.99. The standard InChI is InChI=1S/C15H20FNO5/c1-2-21-7-8-22-10-14(18)17-9-13(15(19)20)11-3-5-12(16)6-4-11/h3-6,13H,2,7-10H2,1H3,(H,17,18)(H,19,20). The Morgan fingerprint density at radius 1 is 1.23 bits per heavy atom. The number of carbonyl (C=O) groups excluding carboxylic acids is 1. The third kappa shape index (κ3) is 6.64. The molecule has 1 rings (SSSR count). The van der Waals surface area contributed by atoms with E-state index in [0.29, 0.717) is 25.4 Å². The van der Waals surface area contributed by atoms with E-state index in [9.17, 15) is 19.1 Å². The Morgan fingerprint density at radius 2 is 1.86 bits per heavy atom. The van der Waals surface area contributed by atoms with Gasteiger partial charge in [-0.25, -0.2) is 4.39 Å². The predicted octanol–water partition coefficient (Wildman–Crippen LogP) is 1.16. The van der Waals surface area contributed by atoms with Crippen molar-refractivity contribution in [3.8, 4) is 0 Å². The molecule has 2 N–H and O–H groups in total. The van der Waals surface area contributed by atoms with Gasteiger partial charge in [0.25, 0.3) is 0 Å². The number of amides is 1. The lowest BCUT2D eigenvalue weighted by molar-refractivity contribution is -0.138. The molecule has 0 aliphatic rings. The number of benzene rings is 1. The Balaban J connectivity index is 2.40. The molecule has 0 aliphatic heterocycles. The zero-order chi connectivity index (χ0) is 16.4. The van der Waals surface area contributed by atoms with Crippen LogP contribution in [0.2, 0.25) is 0 Å². The highest BCUT2D eigenvalue weighted by Crippen LogP contribution is 2.15. The maximum absolute atomic E-state index is 12.8. The molecule has 0 heterocycles. The Kier molecular flexibility index (Phi) is 8.09. The number of ether oxygens (including phenoxy) is 2. The lowest BCUT2D eigenvalue weighted by Crippen LogP contribution is -2.34. The summed E-state index contributed by atoms with van der Waals surface area (Å²) < 4.78 is 23.0. The molecule has 122 valence electrons. The maximum Gasteiger partial charge on any atom is 0.312 e. The summed E-state index contributed by atoms with van der Waals surface area (Å²) in [6.07, 6.45) is 0. The fraction of sp³-hybridized carbons (Fsp3) is 0.467. The van der Waals surface area contributed by atoms with Gasteiger partial charge in [-0.05, 0) is 24.6 Å². The summed E-state index contributed by atoms with van der Waals surface area (Å²) in [6.45, 7) is 2.87. The van der Waals surface area contributed by atoms with Gasteiger partial charge in [0.2, 0.25) is 5.91 Å². The van der Waals surface area contributed by atoms with Crippen LogP contribution in [-0.2, 0) is 19.1 Å². The van der Waals surface area contributed by atoms with E-state index in [1.165, 1.54) is 24.3 Å². The maximum atomic E-state index is 12.8. The molecule has 1 aromatic rings. The van der Waals surface area contributed by atoms with E-state index < -0.39 is 23.6 Å². The van der Waals surface area contributed by atoms with Crippen molar-refractivity contribution in [2.45, 2.75) is 12.8 Å². The fourth-order valence-electron chi connectivity index (χ4n) is 1.74. The van der Waals surface area contributed by atoms with E-state index in [4.69, 9.17) is 9.47 Å². The van der Waals surface area contributed by atoms with Crippen LogP contribution in [0.1, 0.15) is 18.4 Å². The minimum atomic E-state index is -1.09. The van der Waals surface area contributed by atoms with Crippen LogP contribution in [0.25, 0.3) is 0 Å². The van der Waals surface area contributed by atoms with Crippen LogP contribution in [0.4, 0.5) is 4.39 Å². The van der Waals surface area contributed by atoms with Gasteiger partial charge < -0.3 is 19.9 Å². The van der Waals surface area contributed by atoms with Crippen molar-refractivity contribution in [2.75, 3.05) is 33.0 Å². The van der Waals surface area contributed by atoms with Crippen molar-refractivity contribution in [1.29, 1.82) is 0 Å². The van der Waals surface area contributed by atoms with E-state index in [1.54, 1.807) is 0 Å². The Morgan fingerprint density at radius 3 is 2.45 bits per heavy atom. The molecular formula is C15H20FNO5. The molecule has 0 saturated carbocycles. The molecule has 0 saturated heterocycles. The van der Waals surface area contributed by atoms with Crippen molar-refractivity contribution in [3.05, 3.63) is 35.6 Å². The van der Waals surface area contributed by atoms with Gasteiger partial charge in [-0.2, -0.15) is 0 Å². The molecule has 7 heteroatoms. The predicted molar refractivity (Wildman–Crippen MR) is 77.1 cm³/mol. The molecule has 0 bridgehead atoms. The van der Waals surface area contributed by atoms with E-state index in [1.807, 2.05) is 6.92 Å². The van der Waals surface area contributed by atoms with Crippen molar-refractivity contribution in [1.82, 2.24) is 5.32 Å². The molecule has 0 fully saturated rings. The first-order valence-electron chi connectivity index (χ1n) is 6.95. The number of rotatable bonds is 10. The zero-order valence-electron chi connectivity index (χ0n) is 12.4. The van der Waals surface area contributed by atoms with Gasteiger partial charge in [-0.15, -0.1) is 0 Å². The van der Waals surface area contributed by atoms with Gasteiger partial charge in [0.05, 0.1) is 19.1 Å². The van der Waals surface area contributed by atoms with Crippen LogP contribution < -0.4 is 5.32 Å². The van der Waals surface area contributed by atoms with Crippen LogP contribution >= 0.6 is 0 Å². The number of carboxylic acids is 1. The van der Waals surface area contributed by atoms with Crippen LogP contribution in [0.15, 0.2) is 24.3 Å². The van der Waals surface area contributed by atoms with E-state index in [0.717, 1.165) is 0 Å². The highest BCUT2D eigenvalue weighted by molar-refractivity contribution is 5.80. The second-order valence-corrected chi connectivity index (χ2v) is 4.50. The summed E-state index contributed by atoms with van der Waals surface area (Å²) in [5, 5.41) is 11.7. The van der Waals surface area contributed by atoms with Gasteiger partial charge in [0.15, 0.2) is 0 Å². The van der Waals surface area contributed by atoms with Crippen LogP contribution in [-0.4, -0.2) is 50.0 Å². The molecule has 1 atom stereocenters. The Labute approximate surface area is 128 Å². The van der Waals surface area contributed by atoms with Gasteiger partial charge in [0, 0.05) is 13.2 Å². The SMILES string of the molecule is CCOCCOCC(=O)NCC(C(=O)O)c1ccc(F)cc1. The van der Waals surface area contributed by atoms with Gasteiger partial charge in [0.1, 0.15) is 12.4 Å². The number of carbonyl (C=O) groups is 2. The van der Waals surface area contributed by atoms with Crippen molar-refractivity contribution in [3.63, 3.8) is 0 Å². The summed E-state index contributed by atoms with van der Waals surface area (Å²) in [5.74, 6) is -2.89. The average molecular weight is 313 g/mol. The minimum Gasteiger partial charge on any atom is -0.481 e. The number of hydrogen-bond acceptors (Lipinski definition) is 4. The summed E-state index contributed by atoms with van der Waals surface area (Å²) in [4.78, 5) is 22.8. The first kappa shape index (κ1) is 18.1. The number of nitrogens with one attached hydrogen (secondary N) is 1. The van der Waals surface area contributed by atoms with Gasteiger partial charge >= 0.3 is 5.97 Å². The second-order valence-electron chi connectivity index (χ2n) is 4.50. The topological polar surface area (TPSA) is 84.9 Å². The molecule has 1 aromatic carbocycles. The van der Waals surface area contributed by atoms with Crippen LogP contribution in [0, 0.1) is 5.82 Å². The van der Waals surface area contributed by atoms with Crippen molar-refractivity contribution < 1.29 is 28.6 Å². The van der Waals surface area contributed by atoms with Crippen molar-refractivity contribution in [2.24, 2.45) is 0 Å². The average Bonchev–Trinajstić information content (AvgIpc) is 2.48. The quantitative estimate of drug-likeness (QED) is 0.633. The Bertz CT molecular complexity index is 477. The van der Waals surface area contributed by atoms with Gasteiger partial charge in [-0.1, -0.05) is 12.1 Å². The third-order valence-electron chi connectivity index (χ3n) is 2.88. The van der Waals surface area contributed by atoms with Crippen LogP contribution in [0.3, 0.4) is 0 Å². The third-order valence-corrected chi connectivity index (χ3v) is 2.88. The second kappa shape index (κ2) is 9.86.